The van der Waals surface area contributed by atoms with E-state index in [0.717, 1.165) is 22.3 Å². The van der Waals surface area contributed by atoms with E-state index in [0.29, 0.717) is 26.4 Å². The fraction of sp³-hybridized carbons (Fsp3) is 0.314. The smallest absolute Gasteiger partial charge is 0.294 e. The van der Waals surface area contributed by atoms with Crippen LogP contribution in [0.25, 0.3) is 0 Å². The van der Waals surface area contributed by atoms with Gasteiger partial charge in [-0.05, 0) is 35.7 Å². The lowest BCUT2D eigenvalue weighted by Crippen LogP contribution is -2.64. The van der Waals surface area contributed by atoms with Crippen LogP contribution >= 0.6 is 0 Å². The maximum absolute atomic E-state index is 10.5. The monoisotopic (exact) mass is 635 g/mol. The number of rotatable bonds is 12. The van der Waals surface area contributed by atoms with E-state index in [1.165, 1.54) is 12.1 Å². The third-order valence-corrected chi connectivity index (χ3v) is 8.09. The Morgan fingerprint density at radius 3 is 1.64 bits per heavy atom. The molecule has 1 heterocycles. The summed E-state index contributed by atoms with van der Waals surface area (Å²) in [6.07, 6.45) is -1.96. The van der Waals surface area contributed by atoms with E-state index in [1.807, 2.05) is 97.9 Å². The first-order valence-electron chi connectivity index (χ1n) is 14.7. The lowest BCUT2D eigenvalue weighted by atomic mass is 9.96. The molecule has 0 aromatic heterocycles. The molecule has 1 saturated heterocycles. The van der Waals surface area contributed by atoms with Crippen LogP contribution in [0.4, 0.5) is 0 Å². The highest BCUT2D eigenvalue weighted by molar-refractivity contribution is 7.85. The molecule has 3 N–H and O–H groups in total. The van der Waals surface area contributed by atoms with Gasteiger partial charge >= 0.3 is 0 Å². The molecular formula is C35H41NO8S. The molecule has 0 unspecified atom stereocenters. The van der Waals surface area contributed by atoms with E-state index >= 15 is 0 Å². The first kappa shape index (κ1) is 34.4. The second kappa shape index (κ2) is 17.3. The molecule has 10 heteroatoms. The molecular weight excluding hydrogens is 594 g/mol. The Hall–Kier alpha value is -3.45. The van der Waals surface area contributed by atoms with Gasteiger partial charge in [0, 0.05) is 7.11 Å². The molecule has 0 aliphatic carbocycles. The molecule has 5 atom stereocenters. The molecule has 0 amide bonds. The first-order chi connectivity index (χ1) is 21.7. The maximum Gasteiger partial charge on any atom is 0.294 e. The number of methoxy groups -OCH3 is 1. The van der Waals surface area contributed by atoms with E-state index in [4.69, 9.17) is 34.0 Å². The fourth-order valence-electron chi connectivity index (χ4n) is 4.76. The number of nitrogens with two attached hydrogens (primary N) is 1. The molecule has 0 radical (unpaired) electrons. The van der Waals surface area contributed by atoms with Crippen LogP contribution in [0.2, 0.25) is 0 Å². The summed E-state index contributed by atoms with van der Waals surface area (Å²) in [4.78, 5) is -0.0666. The van der Waals surface area contributed by atoms with Crippen molar-refractivity contribution in [3.63, 3.8) is 0 Å². The summed E-state index contributed by atoms with van der Waals surface area (Å²) in [6.45, 7) is 3.47. The Labute approximate surface area is 265 Å². The van der Waals surface area contributed by atoms with Gasteiger partial charge < -0.3 is 29.4 Å². The molecule has 1 aliphatic rings. The van der Waals surface area contributed by atoms with Crippen LogP contribution in [0.3, 0.4) is 0 Å². The highest BCUT2D eigenvalue weighted by Gasteiger charge is 2.46. The largest absolute Gasteiger partial charge is 0.374 e. The minimum absolute atomic E-state index is 0.0666. The van der Waals surface area contributed by atoms with Gasteiger partial charge in [-0.25, -0.2) is 0 Å². The average molecular weight is 636 g/mol. The van der Waals surface area contributed by atoms with Crippen LogP contribution in [0.1, 0.15) is 22.3 Å². The summed E-state index contributed by atoms with van der Waals surface area (Å²) in [5.41, 5.74) is 10.8. The molecule has 4 aromatic rings. The summed E-state index contributed by atoms with van der Waals surface area (Å²) in [6, 6.07) is 35.6. The van der Waals surface area contributed by atoms with Crippen molar-refractivity contribution in [3.05, 3.63) is 138 Å². The highest BCUT2D eigenvalue weighted by Crippen LogP contribution is 2.27. The van der Waals surface area contributed by atoms with E-state index in [2.05, 4.69) is 0 Å². The highest BCUT2D eigenvalue weighted by atomic mass is 32.2. The molecule has 0 spiro atoms. The second-order valence-electron chi connectivity index (χ2n) is 10.7. The molecule has 9 nitrogen and oxygen atoms in total. The zero-order chi connectivity index (χ0) is 32.1. The van der Waals surface area contributed by atoms with Crippen molar-refractivity contribution in [2.24, 2.45) is 5.73 Å². The normalized spacial score (nSPS) is 21.5. The zero-order valence-corrected chi connectivity index (χ0v) is 26.3. The van der Waals surface area contributed by atoms with Crippen molar-refractivity contribution >= 4 is 10.1 Å². The number of hydrogen-bond donors (Lipinski definition) is 2. The third-order valence-electron chi connectivity index (χ3n) is 7.22. The Balaban J connectivity index is 0.000000354. The summed E-state index contributed by atoms with van der Waals surface area (Å²) in [7, 11) is -2.41. The summed E-state index contributed by atoms with van der Waals surface area (Å²) in [5.74, 6) is 0. The third kappa shape index (κ3) is 10.8. The molecule has 45 heavy (non-hydrogen) atoms. The van der Waals surface area contributed by atoms with Gasteiger partial charge in [0.2, 0.25) is 0 Å². The van der Waals surface area contributed by atoms with Crippen molar-refractivity contribution in [1.82, 2.24) is 0 Å². The lowest BCUT2D eigenvalue weighted by molar-refractivity contribution is -0.291. The molecule has 0 saturated carbocycles. The van der Waals surface area contributed by atoms with Crippen molar-refractivity contribution in [3.8, 4) is 0 Å². The van der Waals surface area contributed by atoms with Gasteiger partial charge in [0.25, 0.3) is 10.1 Å². The SMILES string of the molecule is CO[C@H]1O[C@H](COCc2ccccc2)[C@@H](N)[C@H](OCc2ccccc2)[C@H]1OCc1ccccc1.Cc1ccc(S(=O)(=O)O)cc1. The molecule has 1 aliphatic heterocycles. The van der Waals surface area contributed by atoms with Crippen molar-refractivity contribution in [2.75, 3.05) is 13.7 Å². The van der Waals surface area contributed by atoms with Crippen LogP contribution in [0.15, 0.2) is 120 Å². The minimum Gasteiger partial charge on any atom is -0.374 e. The molecule has 0 bridgehead atoms. The summed E-state index contributed by atoms with van der Waals surface area (Å²) in [5, 5.41) is 0. The van der Waals surface area contributed by atoms with Crippen LogP contribution in [-0.2, 0) is 53.6 Å². The fourth-order valence-corrected chi connectivity index (χ4v) is 5.24. The zero-order valence-electron chi connectivity index (χ0n) is 25.5. The van der Waals surface area contributed by atoms with E-state index < -0.39 is 40.8 Å². The van der Waals surface area contributed by atoms with Gasteiger partial charge in [-0.2, -0.15) is 8.42 Å². The Bertz CT molecular complexity index is 1510. The van der Waals surface area contributed by atoms with Crippen molar-refractivity contribution in [2.45, 2.75) is 62.3 Å². The molecule has 240 valence electrons. The quantitative estimate of drug-likeness (QED) is 0.199. The van der Waals surface area contributed by atoms with Gasteiger partial charge in [-0.1, -0.05) is 109 Å². The topological polar surface area (TPSA) is 127 Å². The molecule has 5 rings (SSSR count). The number of hydrogen-bond acceptors (Lipinski definition) is 8. The summed E-state index contributed by atoms with van der Waals surface area (Å²) >= 11 is 0. The molecule has 1 fully saturated rings. The number of ether oxygens (including phenoxy) is 5. The maximum atomic E-state index is 10.5. The second-order valence-corrected chi connectivity index (χ2v) is 12.1. The van der Waals surface area contributed by atoms with Gasteiger partial charge in [0.05, 0.1) is 37.4 Å². The Morgan fingerprint density at radius 1 is 0.711 bits per heavy atom. The number of aryl methyl sites for hydroxylation is 1. The van der Waals surface area contributed by atoms with Crippen LogP contribution in [0.5, 0.6) is 0 Å². The average Bonchev–Trinajstić information content (AvgIpc) is 3.05. The van der Waals surface area contributed by atoms with Crippen molar-refractivity contribution in [1.29, 1.82) is 0 Å². The minimum atomic E-state index is -4.02. The van der Waals surface area contributed by atoms with Crippen LogP contribution in [0, 0.1) is 6.92 Å². The predicted molar refractivity (Wildman–Crippen MR) is 171 cm³/mol. The Morgan fingerprint density at radius 2 is 1.18 bits per heavy atom. The predicted octanol–water partition coefficient (Wildman–Crippen LogP) is 5.31. The van der Waals surface area contributed by atoms with Crippen LogP contribution in [-0.4, -0.2) is 57.3 Å². The van der Waals surface area contributed by atoms with Crippen molar-refractivity contribution < 1.29 is 36.7 Å². The Kier molecular flexibility index (Phi) is 13.2. The van der Waals surface area contributed by atoms with Gasteiger partial charge in [0.1, 0.15) is 18.3 Å². The lowest BCUT2D eigenvalue weighted by Gasteiger charge is -2.44. The molecule has 4 aromatic carbocycles. The van der Waals surface area contributed by atoms with E-state index in [1.54, 1.807) is 19.2 Å². The number of benzene rings is 4. The first-order valence-corrected chi connectivity index (χ1v) is 16.1. The van der Waals surface area contributed by atoms with Crippen LogP contribution < -0.4 is 5.73 Å². The van der Waals surface area contributed by atoms with E-state index in [-0.39, 0.29) is 4.90 Å². The van der Waals surface area contributed by atoms with Gasteiger partial charge in [-0.3, -0.25) is 4.55 Å². The summed E-state index contributed by atoms with van der Waals surface area (Å²) < 4.78 is 60.0. The van der Waals surface area contributed by atoms with Gasteiger partial charge in [-0.15, -0.1) is 0 Å². The van der Waals surface area contributed by atoms with Gasteiger partial charge in [0.15, 0.2) is 6.29 Å². The standard InChI is InChI=1S/C28H33NO5.C7H8O3S/c1-30-28-27(33-19-23-15-9-4-10-16-23)26(32-18-22-13-7-3-8-14-22)25(29)24(34-28)20-31-17-21-11-5-2-6-12-21;1-6-2-4-7(5-3-6)11(8,9)10/h2-16,24-28H,17-20,29H2,1H3;2-5H,1H3,(H,8,9,10)/t24-,25-,26+,27-,28+;/m1./s1. The van der Waals surface area contributed by atoms with E-state index in [9.17, 15) is 8.42 Å².